The SMILES string of the molecule is CCSc1ccc(-c2ccc(C(=O)O)c(O)c2)cc1. The summed E-state index contributed by atoms with van der Waals surface area (Å²) in [7, 11) is 0. The lowest BCUT2D eigenvalue weighted by Gasteiger charge is -2.06. The minimum atomic E-state index is -1.13. The van der Waals surface area contributed by atoms with Crippen molar-refractivity contribution >= 4 is 17.7 Å². The van der Waals surface area contributed by atoms with Crippen molar-refractivity contribution in [3.05, 3.63) is 48.0 Å². The molecule has 3 nitrogen and oxygen atoms in total. The van der Waals surface area contributed by atoms with E-state index >= 15 is 0 Å². The minimum Gasteiger partial charge on any atom is -0.507 e. The van der Waals surface area contributed by atoms with Crippen LogP contribution in [0.15, 0.2) is 47.4 Å². The molecule has 0 aliphatic carbocycles. The van der Waals surface area contributed by atoms with Crippen molar-refractivity contribution in [1.29, 1.82) is 0 Å². The monoisotopic (exact) mass is 274 g/mol. The molecule has 0 aromatic heterocycles. The van der Waals surface area contributed by atoms with Crippen molar-refractivity contribution in [1.82, 2.24) is 0 Å². The van der Waals surface area contributed by atoms with Crippen molar-refractivity contribution in [3.63, 3.8) is 0 Å². The number of aromatic carboxylic acids is 1. The number of phenols is 1. The first-order chi connectivity index (χ1) is 9.11. The molecule has 0 fully saturated rings. The van der Waals surface area contributed by atoms with Gasteiger partial charge in [-0.3, -0.25) is 0 Å². The molecule has 2 aromatic rings. The number of thioether (sulfide) groups is 1. The van der Waals surface area contributed by atoms with E-state index in [2.05, 4.69) is 6.92 Å². The van der Waals surface area contributed by atoms with Crippen LogP contribution in [0.25, 0.3) is 11.1 Å². The molecule has 4 heteroatoms. The van der Waals surface area contributed by atoms with Crippen LogP contribution in [-0.2, 0) is 0 Å². The summed E-state index contributed by atoms with van der Waals surface area (Å²) in [6, 6.07) is 12.6. The minimum absolute atomic E-state index is 0.0816. The van der Waals surface area contributed by atoms with Gasteiger partial charge in [0.1, 0.15) is 11.3 Å². The van der Waals surface area contributed by atoms with Gasteiger partial charge >= 0.3 is 5.97 Å². The summed E-state index contributed by atoms with van der Waals surface area (Å²) in [6.07, 6.45) is 0. The van der Waals surface area contributed by atoms with Crippen molar-refractivity contribution in [2.75, 3.05) is 5.75 Å². The lowest BCUT2D eigenvalue weighted by Crippen LogP contribution is -1.96. The molecule has 19 heavy (non-hydrogen) atoms. The third-order valence-electron chi connectivity index (χ3n) is 2.73. The van der Waals surface area contributed by atoms with Crippen LogP contribution in [0.3, 0.4) is 0 Å². The molecule has 0 atom stereocenters. The predicted molar refractivity (Wildman–Crippen MR) is 76.9 cm³/mol. The molecule has 0 radical (unpaired) electrons. The van der Waals surface area contributed by atoms with Gasteiger partial charge in [-0.05, 0) is 41.1 Å². The van der Waals surface area contributed by atoms with Crippen molar-refractivity contribution < 1.29 is 15.0 Å². The molecule has 0 saturated carbocycles. The van der Waals surface area contributed by atoms with E-state index < -0.39 is 5.97 Å². The van der Waals surface area contributed by atoms with Gasteiger partial charge in [-0.25, -0.2) is 4.79 Å². The molecule has 0 aliphatic heterocycles. The van der Waals surface area contributed by atoms with Crippen LogP contribution in [0.4, 0.5) is 0 Å². The van der Waals surface area contributed by atoms with Gasteiger partial charge in [0, 0.05) is 4.90 Å². The number of rotatable bonds is 4. The summed E-state index contributed by atoms with van der Waals surface area (Å²) < 4.78 is 0. The molecule has 98 valence electrons. The molecule has 0 heterocycles. The Morgan fingerprint density at radius 1 is 1.11 bits per heavy atom. The number of hydrogen-bond donors (Lipinski definition) is 2. The summed E-state index contributed by atoms with van der Waals surface area (Å²) in [5.41, 5.74) is 1.67. The third kappa shape index (κ3) is 3.09. The number of carbonyl (C=O) groups is 1. The smallest absolute Gasteiger partial charge is 0.339 e. The summed E-state index contributed by atoms with van der Waals surface area (Å²) in [5.74, 6) is -0.316. The van der Waals surface area contributed by atoms with Gasteiger partial charge in [0.25, 0.3) is 0 Å². The second-order valence-electron chi connectivity index (χ2n) is 3.99. The van der Waals surface area contributed by atoms with E-state index in [1.165, 1.54) is 17.0 Å². The molecule has 0 bridgehead atoms. The highest BCUT2D eigenvalue weighted by molar-refractivity contribution is 7.99. The molecule has 0 amide bonds. The van der Waals surface area contributed by atoms with Crippen LogP contribution in [0, 0.1) is 0 Å². The Balaban J connectivity index is 2.31. The zero-order chi connectivity index (χ0) is 13.8. The predicted octanol–water partition coefficient (Wildman–Crippen LogP) is 3.87. The fraction of sp³-hybridized carbons (Fsp3) is 0.133. The first kappa shape index (κ1) is 13.5. The molecule has 2 rings (SSSR count). The third-order valence-corrected chi connectivity index (χ3v) is 3.62. The molecule has 0 spiro atoms. The Kier molecular flexibility index (Phi) is 4.12. The summed E-state index contributed by atoms with van der Waals surface area (Å²) in [4.78, 5) is 12.0. The fourth-order valence-corrected chi connectivity index (χ4v) is 2.46. The summed E-state index contributed by atoms with van der Waals surface area (Å²) in [5, 5.41) is 18.5. The molecule has 2 N–H and O–H groups in total. The van der Waals surface area contributed by atoms with Crippen LogP contribution in [0.2, 0.25) is 0 Å². The Labute approximate surface area is 115 Å². The number of benzene rings is 2. The zero-order valence-corrected chi connectivity index (χ0v) is 11.3. The van der Waals surface area contributed by atoms with Gasteiger partial charge in [0.05, 0.1) is 0 Å². The molecular weight excluding hydrogens is 260 g/mol. The van der Waals surface area contributed by atoms with Gasteiger partial charge in [-0.2, -0.15) is 0 Å². The highest BCUT2D eigenvalue weighted by atomic mass is 32.2. The van der Waals surface area contributed by atoms with Crippen LogP contribution in [0.1, 0.15) is 17.3 Å². The van der Waals surface area contributed by atoms with E-state index in [1.807, 2.05) is 24.3 Å². The van der Waals surface area contributed by atoms with Crippen LogP contribution in [0.5, 0.6) is 5.75 Å². The molecule has 2 aromatic carbocycles. The van der Waals surface area contributed by atoms with Crippen molar-refractivity contribution in [2.45, 2.75) is 11.8 Å². The van der Waals surface area contributed by atoms with E-state index in [0.29, 0.717) is 0 Å². The lowest BCUT2D eigenvalue weighted by atomic mass is 10.0. The highest BCUT2D eigenvalue weighted by Gasteiger charge is 2.10. The standard InChI is InChI=1S/C15H14O3S/c1-2-19-12-6-3-10(4-7-12)11-5-8-13(15(17)18)14(16)9-11/h3-9,16H,2H2,1H3,(H,17,18). The maximum atomic E-state index is 10.8. The number of hydrogen-bond acceptors (Lipinski definition) is 3. The Morgan fingerprint density at radius 3 is 2.26 bits per heavy atom. The van der Waals surface area contributed by atoms with Crippen molar-refractivity contribution in [2.24, 2.45) is 0 Å². The summed E-state index contributed by atoms with van der Waals surface area (Å²) in [6.45, 7) is 2.10. The lowest BCUT2D eigenvalue weighted by molar-refractivity contribution is 0.0694. The topological polar surface area (TPSA) is 57.5 Å². The normalized spacial score (nSPS) is 10.4. The van der Waals surface area contributed by atoms with Gasteiger partial charge in [0.15, 0.2) is 0 Å². The van der Waals surface area contributed by atoms with E-state index in [0.717, 1.165) is 16.9 Å². The first-order valence-electron chi connectivity index (χ1n) is 5.91. The Hall–Kier alpha value is -1.94. The second kappa shape index (κ2) is 5.80. The molecular formula is C15H14O3S. The molecule has 0 saturated heterocycles. The highest BCUT2D eigenvalue weighted by Crippen LogP contribution is 2.28. The van der Waals surface area contributed by atoms with Crippen LogP contribution in [-0.4, -0.2) is 21.9 Å². The Bertz CT molecular complexity index is 591. The number of aromatic hydroxyl groups is 1. The van der Waals surface area contributed by atoms with Gasteiger partial charge in [0.2, 0.25) is 0 Å². The molecule has 0 aliphatic rings. The van der Waals surface area contributed by atoms with Crippen LogP contribution >= 0.6 is 11.8 Å². The second-order valence-corrected chi connectivity index (χ2v) is 5.33. The van der Waals surface area contributed by atoms with E-state index in [1.54, 1.807) is 17.8 Å². The number of carboxylic acid groups (broad SMARTS) is 1. The maximum Gasteiger partial charge on any atom is 0.339 e. The molecule has 0 unspecified atom stereocenters. The summed E-state index contributed by atoms with van der Waals surface area (Å²) >= 11 is 1.76. The van der Waals surface area contributed by atoms with Crippen LogP contribution < -0.4 is 0 Å². The number of carboxylic acids is 1. The van der Waals surface area contributed by atoms with E-state index in [-0.39, 0.29) is 11.3 Å². The van der Waals surface area contributed by atoms with Gasteiger partial charge in [-0.15, -0.1) is 11.8 Å². The maximum absolute atomic E-state index is 10.8. The fourth-order valence-electron chi connectivity index (χ4n) is 1.80. The zero-order valence-electron chi connectivity index (χ0n) is 10.5. The van der Waals surface area contributed by atoms with Crippen molar-refractivity contribution in [3.8, 4) is 16.9 Å². The largest absolute Gasteiger partial charge is 0.507 e. The quantitative estimate of drug-likeness (QED) is 0.831. The average molecular weight is 274 g/mol. The van der Waals surface area contributed by atoms with E-state index in [4.69, 9.17) is 5.11 Å². The average Bonchev–Trinajstić information content (AvgIpc) is 2.39. The van der Waals surface area contributed by atoms with Gasteiger partial charge in [-0.1, -0.05) is 25.1 Å². The first-order valence-corrected chi connectivity index (χ1v) is 6.90. The Morgan fingerprint density at radius 2 is 1.74 bits per heavy atom. The van der Waals surface area contributed by atoms with Gasteiger partial charge < -0.3 is 10.2 Å². The van der Waals surface area contributed by atoms with E-state index in [9.17, 15) is 9.90 Å².